The van der Waals surface area contributed by atoms with Crippen molar-refractivity contribution in [2.24, 2.45) is 0 Å². The number of anilines is 1. The zero-order valence-electron chi connectivity index (χ0n) is 14.0. The number of aromatic nitrogens is 2. The number of rotatable bonds is 7. The van der Waals surface area contributed by atoms with Gasteiger partial charge in [0.1, 0.15) is 12.1 Å². The van der Waals surface area contributed by atoms with Crippen molar-refractivity contribution in [3.8, 4) is 0 Å². The molecule has 1 aliphatic rings. The number of amides is 2. The molecular formula is C16H25N5O3. The molecule has 2 heterocycles. The summed E-state index contributed by atoms with van der Waals surface area (Å²) in [5, 5.41) is 14.2. The van der Waals surface area contributed by atoms with Crippen molar-refractivity contribution < 1.29 is 14.7 Å². The molecule has 1 aromatic heterocycles. The van der Waals surface area contributed by atoms with Crippen molar-refractivity contribution in [2.75, 3.05) is 24.5 Å². The molecule has 132 valence electrons. The van der Waals surface area contributed by atoms with Crippen LogP contribution in [-0.4, -0.2) is 52.8 Å². The molecule has 1 saturated heterocycles. The third-order valence-electron chi connectivity index (χ3n) is 4.01. The second-order valence-electron chi connectivity index (χ2n) is 5.90. The first-order valence-electron chi connectivity index (χ1n) is 8.40. The lowest BCUT2D eigenvalue weighted by Crippen LogP contribution is -2.51. The number of piperidine rings is 1. The van der Waals surface area contributed by atoms with Gasteiger partial charge in [-0.25, -0.2) is 14.8 Å². The van der Waals surface area contributed by atoms with Crippen LogP contribution in [0.3, 0.4) is 0 Å². The Morgan fingerprint density at radius 3 is 3.00 bits per heavy atom. The van der Waals surface area contributed by atoms with E-state index in [4.69, 9.17) is 5.11 Å². The lowest BCUT2D eigenvalue weighted by Gasteiger charge is -2.34. The molecule has 0 radical (unpaired) electrons. The number of hydrogen-bond acceptors (Lipinski definition) is 5. The number of carboxylic acids is 1. The Balaban J connectivity index is 1.80. The Kier molecular flexibility index (Phi) is 6.77. The zero-order chi connectivity index (χ0) is 17.4. The largest absolute Gasteiger partial charge is 0.481 e. The molecule has 2 amide bonds. The molecule has 1 fully saturated rings. The Morgan fingerprint density at radius 1 is 1.42 bits per heavy atom. The Morgan fingerprint density at radius 2 is 2.25 bits per heavy atom. The summed E-state index contributed by atoms with van der Waals surface area (Å²) >= 11 is 0. The first-order valence-corrected chi connectivity index (χ1v) is 8.40. The molecule has 24 heavy (non-hydrogen) atoms. The van der Waals surface area contributed by atoms with Crippen molar-refractivity contribution in [1.29, 1.82) is 0 Å². The van der Waals surface area contributed by atoms with Crippen LogP contribution in [0.15, 0.2) is 12.4 Å². The highest BCUT2D eigenvalue weighted by atomic mass is 16.4. The maximum Gasteiger partial charge on any atom is 0.315 e. The summed E-state index contributed by atoms with van der Waals surface area (Å²) in [6.45, 7) is 4.04. The van der Waals surface area contributed by atoms with Gasteiger partial charge < -0.3 is 20.6 Å². The number of carbonyl (C=O) groups is 2. The second kappa shape index (κ2) is 9.05. The Hall–Kier alpha value is -2.38. The summed E-state index contributed by atoms with van der Waals surface area (Å²) in [4.78, 5) is 33.0. The van der Waals surface area contributed by atoms with Crippen molar-refractivity contribution in [3.63, 3.8) is 0 Å². The van der Waals surface area contributed by atoms with Gasteiger partial charge in [0.25, 0.3) is 0 Å². The van der Waals surface area contributed by atoms with Gasteiger partial charge in [-0.15, -0.1) is 0 Å². The predicted molar refractivity (Wildman–Crippen MR) is 90.0 cm³/mol. The molecule has 1 aromatic rings. The SMILES string of the molecule is CCc1cc(N2CCCC(NC(=O)NCCCC(=O)O)C2)ncn1. The summed E-state index contributed by atoms with van der Waals surface area (Å²) in [7, 11) is 0. The van der Waals surface area contributed by atoms with Crippen molar-refractivity contribution in [2.45, 2.75) is 45.1 Å². The summed E-state index contributed by atoms with van der Waals surface area (Å²) in [5.41, 5.74) is 1.01. The van der Waals surface area contributed by atoms with Gasteiger partial charge in [-0.2, -0.15) is 0 Å². The molecule has 1 unspecified atom stereocenters. The fourth-order valence-electron chi connectivity index (χ4n) is 2.73. The van der Waals surface area contributed by atoms with E-state index in [0.29, 0.717) is 19.5 Å². The highest BCUT2D eigenvalue weighted by Crippen LogP contribution is 2.18. The fraction of sp³-hybridized carbons (Fsp3) is 0.625. The topological polar surface area (TPSA) is 107 Å². The maximum atomic E-state index is 11.9. The van der Waals surface area contributed by atoms with E-state index in [2.05, 4.69) is 32.4 Å². The molecule has 0 aromatic carbocycles. The summed E-state index contributed by atoms with van der Waals surface area (Å²) in [6.07, 6.45) is 4.84. The van der Waals surface area contributed by atoms with Gasteiger partial charge in [-0.1, -0.05) is 6.92 Å². The van der Waals surface area contributed by atoms with E-state index in [9.17, 15) is 9.59 Å². The predicted octanol–water partition coefficient (Wildman–Crippen LogP) is 1.17. The number of carboxylic acid groups (broad SMARTS) is 1. The van der Waals surface area contributed by atoms with E-state index in [0.717, 1.165) is 37.3 Å². The summed E-state index contributed by atoms with van der Waals surface area (Å²) in [6, 6.07) is 1.80. The lowest BCUT2D eigenvalue weighted by atomic mass is 10.1. The van der Waals surface area contributed by atoms with Gasteiger partial charge in [-0.05, 0) is 25.7 Å². The molecule has 3 N–H and O–H groups in total. The highest BCUT2D eigenvalue weighted by molar-refractivity contribution is 5.74. The lowest BCUT2D eigenvalue weighted by molar-refractivity contribution is -0.137. The van der Waals surface area contributed by atoms with Crippen LogP contribution in [0.25, 0.3) is 0 Å². The average molecular weight is 335 g/mol. The van der Waals surface area contributed by atoms with Crippen LogP contribution in [-0.2, 0) is 11.2 Å². The summed E-state index contributed by atoms with van der Waals surface area (Å²) in [5.74, 6) is 0.0478. The molecule has 0 saturated carbocycles. The van der Waals surface area contributed by atoms with E-state index in [1.165, 1.54) is 0 Å². The fourth-order valence-corrected chi connectivity index (χ4v) is 2.73. The molecule has 1 aliphatic heterocycles. The average Bonchev–Trinajstić information content (AvgIpc) is 2.59. The monoisotopic (exact) mass is 335 g/mol. The molecular weight excluding hydrogens is 310 g/mol. The smallest absolute Gasteiger partial charge is 0.315 e. The maximum absolute atomic E-state index is 11.9. The number of aryl methyl sites for hydroxylation is 1. The van der Waals surface area contributed by atoms with Gasteiger partial charge in [0.2, 0.25) is 0 Å². The van der Waals surface area contributed by atoms with E-state index >= 15 is 0 Å². The zero-order valence-corrected chi connectivity index (χ0v) is 14.0. The van der Waals surface area contributed by atoms with Gasteiger partial charge in [-0.3, -0.25) is 4.79 Å². The molecule has 8 heteroatoms. The van der Waals surface area contributed by atoms with E-state index in [-0.39, 0.29) is 18.5 Å². The van der Waals surface area contributed by atoms with Crippen LogP contribution < -0.4 is 15.5 Å². The van der Waals surface area contributed by atoms with Crippen LogP contribution in [0.4, 0.5) is 10.6 Å². The number of nitrogens with one attached hydrogen (secondary N) is 2. The van der Waals surface area contributed by atoms with E-state index < -0.39 is 5.97 Å². The van der Waals surface area contributed by atoms with Crippen molar-refractivity contribution in [1.82, 2.24) is 20.6 Å². The Bertz CT molecular complexity index is 566. The van der Waals surface area contributed by atoms with Crippen LogP contribution in [0.1, 0.15) is 38.3 Å². The third-order valence-corrected chi connectivity index (χ3v) is 4.01. The van der Waals surface area contributed by atoms with Crippen LogP contribution in [0.5, 0.6) is 0 Å². The van der Waals surface area contributed by atoms with Gasteiger partial charge in [0, 0.05) is 43.9 Å². The third kappa shape index (κ3) is 5.68. The number of hydrogen-bond donors (Lipinski definition) is 3. The normalized spacial score (nSPS) is 17.4. The standard InChI is InChI=1S/C16H25N5O3/c1-2-12-9-14(19-11-18-12)21-8-4-5-13(10-21)20-16(24)17-7-3-6-15(22)23/h9,11,13H,2-8,10H2,1H3,(H,22,23)(H2,17,20,24). The van der Waals surface area contributed by atoms with Gasteiger partial charge >= 0.3 is 12.0 Å². The quantitative estimate of drug-likeness (QED) is 0.646. The number of nitrogens with zero attached hydrogens (tertiary/aromatic N) is 3. The van der Waals surface area contributed by atoms with E-state index in [1.54, 1.807) is 6.33 Å². The second-order valence-corrected chi connectivity index (χ2v) is 5.90. The Labute approximate surface area is 141 Å². The van der Waals surface area contributed by atoms with Crippen molar-refractivity contribution in [3.05, 3.63) is 18.1 Å². The first kappa shape index (κ1) is 18.0. The van der Waals surface area contributed by atoms with Gasteiger partial charge in [0.15, 0.2) is 0 Å². The molecule has 2 rings (SSSR count). The van der Waals surface area contributed by atoms with Crippen LogP contribution in [0.2, 0.25) is 0 Å². The number of aliphatic carboxylic acids is 1. The number of urea groups is 1. The van der Waals surface area contributed by atoms with E-state index in [1.807, 2.05) is 6.07 Å². The molecule has 0 spiro atoms. The molecule has 0 bridgehead atoms. The minimum atomic E-state index is -0.851. The van der Waals surface area contributed by atoms with Crippen LogP contribution >= 0.6 is 0 Å². The van der Waals surface area contributed by atoms with Crippen LogP contribution in [0, 0.1) is 0 Å². The summed E-state index contributed by atoms with van der Waals surface area (Å²) < 4.78 is 0. The van der Waals surface area contributed by atoms with Gasteiger partial charge in [0.05, 0.1) is 0 Å². The highest BCUT2D eigenvalue weighted by Gasteiger charge is 2.22. The van der Waals surface area contributed by atoms with Crippen molar-refractivity contribution >= 4 is 17.8 Å². The minimum absolute atomic E-state index is 0.0539. The number of carbonyl (C=O) groups excluding carboxylic acids is 1. The molecule has 8 nitrogen and oxygen atoms in total. The molecule has 0 aliphatic carbocycles. The molecule has 1 atom stereocenters. The first-order chi connectivity index (χ1) is 11.6. The minimum Gasteiger partial charge on any atom is -0.481 e.